The van der Waals surface area contributed by atoms with Crippen molar-refractivity contribution in [3.05, 3.63) is 71.4 Å². The largest absolute Gasteiger partial charge is 0.573 e. The van der Waals surface area contributed by atoms with Crippen molar-refractivity contribution in [3.8, 4) is 39.9 Å². The third kappa shape index (κ3) is 9.77. The Morgan fingerprint density at radius 1 is 0.870 bits per heavy atom. The molecular formula is C32H31ClF3NO9. The molecule has 1 heterocycles. The van der Waals surface area contributed by atoms with E-state index in [9.17, 15) is 18.0 Å². The fourth-order valence-electron chi connectivity index (χ4n) is 4.26. The second-order valence-electron chi connectivity index (χ2n) is 9.37. The van der Waals surface area contributed by atoms with Crippen LogP contribution in [0.4, 0.5) is 18.0 Å². The molecule has 0 bridgehead atoms. The highest BCUT2D eigenvalue weighted by Gasteiger charge is 2.31. The Kier molecular flexibility index (Phi) is 12.1. The number of carbonyl (C=O) groups is 1. The highest BCUT2D eigenvalue weighted by Crippen LogP contribution is 2.42. The average Bonchev–Trinajstić information content (AvgIpc) is 3.01. The van der Waals surface area contributed by atoms with Crippen molar-refractivity contribution in [1.29, 1.82) is 0 Å². The molecule has 0 unspecified atom stereocenters. The summed E-state index contributed by atoms with van der Waals surface area (Å²) in [4.78, 5) is 16.8. The van der Waals surface area contributed by atoms with Crippen LogP contribution in [0.1, 0.15) is 12.6 Å². The number of rotatable bonds is 15. The Labute approximate surface area is 267 Å². The maximum atomic E-state index is 12.5. The fraction of sp³-hybridized carbons (Fsp3) is 0.312. The zero-order valence-electron chi connectivity index (χ0n) is 25.1. The van der Waals surface area contributed by atoms with Crippen molar-refractivity contribution in [2.24, 2.45) is 0 Å². The van der Waals surface area contributed by atoms with Gasteiger partial charge >= 0.3 is 12.5 Å². The Bertz CT molecular complexity index is 1600. The molecule has 0 radical (unpaired) electrons. The monoisotopic (exact) mass is 665 g/mol. The van der Waals surface area contributed by atoms with Gasteiger partial charge in [0.15, 0.2) is 0 Å². The van der Waals surface area contributed by atoms with Crippen LogP contribution in [0.25, 0.3) is 22.0 Å². The summed E-state index contributed by atoms with van der Waals surface area (Å²) in [5, 5.41) is 0.851. The molecule has 4 aromatic rings. The number of halogens is 4. The average molecular weight is 666 g/mol. The Morgan fingerprint density at radius 3 is 2.15 bits per heavy atom. The van der Waals surface area contributed by atoms with E-state index in [0.717, 1.165) is 12.1 Å². The smallest absolute Gasteiger partial charge is 0.495 e. The third-order valence-electron chi connectivity index (χ3n) is 6.23. The minimum atomic E-state index is -4.79. The molecule has 0 aliphatic heterocycles. The van der Waals surface area contributed by atoms with Gasteiger partial charge in [0.05, 0.1) is 37.5 Å². The number of hydrogen-bond acceptors (Lipinski definition) is 10. The van der Waals surface area contributed by atoms with Crippen LogP contribution >= 0.6 is 11.6 Å². The number of aromatic nitrogens is 1. The Morgan fingerprint density at radius 2 is 1.50 bits per heavy atom. The van der Waals surface area contributed by atoms with Crippen LogP contribution in [0.5, 0.6) is 28.7 Å². The van der Waals surface area contributed by atoms with Gasteiger partial charge in [-0.2, -0.15) is 0 Å². The lowest BCUT2D eigenvalue weighted by Crippen LogP contribution is -2.16. The van der Waals surface area contributed by atoms with Crippen LogP contribution in [0, 0.1) is 6.92 Å². The Balaban J connectivity index is 1.50. The molecule has 10 nitrogen and oxygen atoms in total. The molecule has 0 spiro atoms. The summed E-state index contributed by atoms with van der Waals surface area (Å²) < 4.78 is 79.0. The predicted octanol–water partition coefficient (Wildman–Crippen LogP) is 8.11. The molecular weight excluding hydrogens is 635 g/mol. The van der Waals surface area contributed by atoms with Gasteiger partial charge in [-0.05, 0) is 61.9 Å². The summed E-state index contributed by atoms with van der Waals surface area (Å²) in [7, 11) is 1.49. The van der Waals surface area contributed by atoms with Crippen LogP contribution in [-0.4, -0.2) is 64.4 Å². The molecule has 3 aromatic carbocycles. The van der Waals surface area contributed by atoms with Gasteiger partial charge in [-0.15, -0.1) is 13.2 Å². The Hall–Kier alpha value is -4.46. The number of fused-ring (bicyclic) bond motifs is 1. The molecule has 0 amide bonds. The molecule has 0 fully saturated rings. The van der Waals surface area contributed by atoms with Crippen molar-refractivity contribution < 1.29 is 55.9 Å². The first-order chi connectivity index (χ1) is 22.1. The fourth-order valence-corrected chi connectivity index (χ4v) is 4.50. The van der Waals surface area contributed by atoms with E-state index in [1.807, 2.05) is 6.92 Å². The summed E-state index contributed by atoms with van der Waals surface area (Å²) in [6.07, 6.45) is -5.73. The predicted molar refractivity (Wildman–Crippen MR) is 162 cm³/mol. The van der Waals surface area contributed by atoms with E-state index >= 15 is 0 Å². The lowest BCUT2D eigenvalue weighted by atomic mass is 10.00. The van der Waals surface area contributed by atoms with E-state index < -0.39 is 19.3 Å². The van der Waals surface area contributed by atoms with E-state index in [4.69, 9.17) is 49.7 Å². The zero-order chi connectivity index (χ0) is 33.1. The van der Waals surface area contributed by atoms with Gasteiger partial charge in [0, 0.05) is 29.3 Å². The number of methoxy groups -OCH3 is 1. The number of benzene rings is 3. The molecule has 46 heavy (non-hydrogen) atoms. The van der Waals surface area contributed by atoms with E-state index in [2.05, 4.69) is 4.74 Å². The quantitative estimate of drug-likeness (QED) is 0.0703. The minimum Gasteiger partial charge on any atom is -0.495 e. The zero-order valence-corrected chi connectivity index (χ0v) is 25.9. The molecule has 0 saturated carbocycles. The number of pyridine rings is 1. The van der Waals surface area contributed by atoms with Gasteiger partial charge in [0.2, 0.25) is 6.79 Å². The van der Waals surface area contributed by atoms with E-state index in [-0.39, 0.29) is 19.0 Å². The van der Waals surface area contributed by atoms with E-state index in [1.54, 1.807) is 43.3 Å². The van der Waals surface area contributed by atoms with E-state index in [0.29, 0.717) is 75.6 Å². The van der Waals surface area contributed by atoms with Gasteiger partial charge in [-0.3, -0.25) is 4.98 Å². The van der Waals surface area contributed by atoms with E-state index in [1.165, 1.54) is 19.2 Å². The van der Waals surface area contributed by atoms with Crippen LogP contribution in [0.3, 0.4) is 0 Å². The SMILES string of the molecule is CCOCCOCCOC(=O)OCOc1c(-c2ccc(Oc3ccc(OC(F)(F)F)cc3)cc2)c(C)nc2cc(OC)c(Cl)cc12. The lowest BCUT2D eigenvalue weighted by molar-refractivity contribution is -0.274. The summed E-state index contributed by atoms with van der Waals surface area (Å²) >= 11 is 6.43. The highest BCUT2D eigenvalue weighted by atomic mass is 35.5. The summed E-state index contributed by atoms with van der Waals surface area (Å²) in [5.74, 6) is 1.12. The molecule has 1 aromatic heterocycles. The van der Waals surface area contributed by atoms with Crippen LogP contribution in [-0.2, 0) is 18.9 Å². The maximum Gasteiger partial charge on any atom is 0.573 e. The summed E-state index contributed by atoms with van der Waals surface area (Å²) in [5.41, 5.74) is 2.39. The van der Waals surface area contributed by atoms with Crippen LogP contribution in [0.15, 0.2) is 60.7 Å². The molecule has 14 heteroatoms. The number of ether oxygens (including phenoxy) is 8. The number of nitrogens with zero attached hydrogens (tertiary/aromatic N) is 1. The first-order valence-electron chi connectivity index (χ1n) is 14.0. The van der Waals surface area contributed by atoms with Crippen molar-refractivity contribution in [1.82, 2.24) is 4.98 Å². The molecule has 0 aliphatic rings. The second-order valence-corrected chi connectivity index (χ2v) is 9.77. The van der Waals surface area contributed by atoms with Crippen LogP contribution < -0.4 is 18.9 Å². The van der Waals surface area contributed by atoms with Crippen molar-refractivity contribution in [2.75, 3.05) is 46.9 Å². The van der Waals surface area contributed by atoms with Gasteiger partial charge in [-0.1, -0.05) is 23.7 Å². The van der Waals surface area contributed by atoms with Gasteiger partial charge in [0.25, 0.3) is 0 Å². The standard InChI is InChI=1S/C32H31ClF3NO9/c1-4-40-13-14-41-15-16-42-31(38)44-19-43-30-25-17-26(33)28(39-3)18-27(25)37-20(2)29(30)21-5-7-22(8-6-21)45-23-9-11-24(12-10-23)46-32(34,35)36/h5-12,17-18H,4,13-16,19H2,1-3H3. The van der Waals surface area contributed by atoms with Crippen LogP contribution in [0.2, 0.25) is 5.02 Å². The van der Waals surface area contributed by atoms with Crippen molar-refractivity contribution in [2.45, 2.75) is 20.2 Å². The maximum absolute atomic E-state index is 12.5. The normalized spacial score (nSPS) is 11.3. The first kappa shape index (κ1) is 34.4. The minimum absolute atomic E-state index is 0.0111. The molecule has 0 N–H and O–H groups in total. The summed E-state index contributed by atoms with van der Waals surface area (Å²) in [6, 6.07) is 15.2. The van der Waals surface area contributed by atoms with Gasteiger partial charge in [-0.25, -0.2) is 4.79 Å². The van der Waals surface area contributed by atoms with Crippen molar-refractivity contribution >= 4 is 28.7 Å². The molecule has 4 rings (SSSR count). The second kappa shape index (κ2) is 16.2. The number of carbonyl (C=O) groups excluding carboxylic acids is 1. The third-order valence-corrected chi connectivity index (χ3v) is 6.53. The van der Waals surface area contributed by atoms with Gasteiger partial charge in [0.1, 0.15) is 35.4 Å². The lowest BCUT2D eigenvalue weighted by Gasteiger charge is -2.18. The number of hydrogen-bond donors (Lipinski definition) is 0. The summed E-state index contributed by atoms with van der Waals surface area (Å²) in [6.45, 7) is 4.77. The molecule has 0 atom stereocenters. The molecule has 0 saturated heterocycles. The topological polar surface area (TPSA) is 104 Å². The van der Waals surface area contributed by atoms with Crippen molar-refractivity contribution in [3.63, 3.8) is 0 Å². The highest BCUT2D eigenvalue weighted by molar-refractivity contribution is 6.33. The van der Waals surface area contributed by atoms with Gasteiger partial charge < -0.3 is 37.9 Å². The molecule has 0 aliphatic carbocycles. The number of aryl methyl sites for hydroxylation is 1. The molecule has 246 valence electrons. The first-order valence-corrected chi connectivity index (χ1v) is 14.4. The number of alkyl halides is 3.